The van der Waals surface area contributed by atoms with Crippen molar-refractivity contribution in [3.05, 3.63) is 53.2 Å². The standard InChI is InChI=1S/C19H24ClN3O2.2ClH/c1-15-12-16(20)5-6-18(15)25-14-17(24)13-22-8-10-23(11-9-22)19-4-2-3-7-21-19;;/h2-7,12,17,24H,8-11,13-14H2,1H3;2*1H. The molecule has 1 unspecified atom stereocenters. The lowest BCUT2D eigenvalue weighted by molar-refractivity contribution is 0.0660. The van der Waals surface area contributed by atoms with Crippen LogP contribution in [0.25, 0.3) is 0 Å². The van der Waals surface area contributed by atoms with Gasteiger partial charge in [0, 0.05) is 43.9 Å². The van der Waals surface area contributed by atoms with Gasteiger partial charge in [-0.1, -0.05) is 17.7 Å². The summed E-state index contributed by atoms with van der Waals surface area (Å²) in [5.41, 5.74) is 0.976. The highest BCUT2D eigenvalue weighted by Crippen LogP contribution is 2.22. The summed E-state index contributed by atoms with van der Waals surface area (Å²) in [6, 6.07) is 11.5. The Morgan fingerprint density at radius 1 is 1.15 bits per heavy atom. The Balaban J connectivity index is 0.00000182. The van der Waals surface area contributed by atoms with Gasteiger partial charge < -0.3 is 14.7 Å². The second-order valence-corrected chi connectivity index (χ2v) is 6.79. The van der Waals surface area contributed by atoms with Gasteiger partial charge >= 0.3 is 0 Å². The lowest BCUT2D eigenvalue weighted by atomic mass is 10.2. The maximum absolute atomic E-state index is 10.3. The molecule has 150 valence electrons. The number of ether oxygens (including phenoxy) is 1. The predicted molar refractivity (Wildman–Crippen MR) is 115 cm³/mol. The third-order valence-corrected chi connectivity index (χ3v) is 4.62. The number of anilines is 1. The van der Waals surface area contributed by atoms with Crippen molar-refractivity contribution in [1.82, 2.24) is 9.88 Å². The topological polar surface area (TPSA) is 48.8 Å². The highest BCUT2D eigenvalue weighted by atomic mass is 35.5. The monoisotopic (exact) mass is 433 g/mol. The third-order valence-electron chi connectivity index (χ3n) is 4.38. The summed E-state index contributed by atoms with van der Waals surface area (Å²) < 4.78 is 5.73. The summed E-state index contributed by atoms with van der Waals surface area (Å²) in [4.78, 5) is 8.93. The molecule has 5 nitrogen and oxygen atoms in total. The average molecular weight is 435 g/mol. The van der Waals surface area contributed by atoms with Gasteiger partial charge in [0.1, 0.15) is 24.3 Å². The smallest absolute Gasteiger partial charge is 0.128 e. The normalized spacial score (nSPS) is 15.4. The molecule has 0 amide bonds. The third kappa shape index (κ3) is 7.01. The van der Waals surface area contributed by atoms with Crippen molar-refractivity contribution < 1.29 is 9.84 Å². The number of aliphatic hydroxyl groups is 1. The molecule has 1 N–H and O–H groups in total. The second-order valence-electron chi connectivity index (χ2n) is 6.35. The quantitative estimate of drug-likeness (QED) is 0.754. The minimum atomic E-state index is -0.517. The zero-order valence-electron chi connectivity index (χ0n) is 15.3. The molecule has 1 atom stereocenters. The van der Waals surface area contributed by atoms with E-state index < -0.39 is 6.10 Å². The van der Waals surface area contributed by atoms with Crippen LogP contribution in [0.5, 0.6) is 5.75 Å². The van der Waals surface area contributed by atoms with Crippen LogP contribution in [0, 0.1) is 6.92 Å². The van der Waals surface area contributed by atoms with Gasteiger partial charge in [-0.05, 0) is 42.8 Å². The second kappa shape index (κ2) is 11.6. The van der Waals surface area contributed by atoms with Crippen molar-refractivity contribution in [1.29, 1.82) is 0 Å². The van der Waals surface area contributed by atoms with E-state index in [2.05, 4.69) is 14.8 Å². The molecule has 1 aromatic carbocycles. The van der Waals surface area contributed by atoms with Gasteiger partial charge in [-0.2, -0.15) is 0 Å². The molecule has 0 aliphatic carbocycles. The zero-order chi connectivity index (χ0) is 17.6. The van der Waals surface area contributed by atoms with E-state index in [0.29, 0.717) is 11.6 Å². The molecular weight excluding hydrogens is 409 g/mol. The first-order chi connectivity index (χ1) is 12.1. The molecule has 0 bridgehead atoms. The Morgan fingerprint density at radius 3 is 2.52 bits per heavy atom. The van der Waals surface area contributed by atoms with Crippen molar-refractivity contribution in [3.8, 4) is 5.75 Å². The van der Waals surface area contributed by atoms with Crippen molar-refractivity contribution in [2.75, 3.05) is 44.2 Å². The maximum Gasteiger partial charge on any atom is 0.128 e. The number of β-amino-alcohol motifs (C(OH)–C–C–N with tert-alkyl or cyclic N) is 1. The summed E-state index contributed by atoms with van der Waals surface area (Å²) in [6.45, 7) is 6.50. The number of hydrogen-bond donors (Lipinski definition) is 1. The van der Waals surface area contributed by atoms with Gasteiger partial charge in [-0.25, -0.2) is 4.98 Å². The molecule has 27 heavy (non-hydrogen) atoms. The molecule has 0 radical (unpaired) electrons. The molecule has 1 saturated heterocycles. The number of hydrogen-bond acceptors (Lipinski definition) is 5. The molecule has 3 rings (SSSR count). The Labute approximate surface area is 178 Å². The van der Waals surface area contributed by atoms with Crippen LogP contribution in [0.1, 0.15) is 5.56 Å². The van der Waals surface area contributed by atoms with Crippen LogP contribution >= 0.6 is 36.4 Å². The highest BCUT2D eigenvalue weighted by molar-refractivity contribution is 6.30. The van der Waals surface area contributed by atoms with E-state index in [9.17, 15) is 5.11 Å². The lowest BCUT2D eigenvalue weighted by Gasteiger charge is -2.36. The molecule has 8 heteroatoms. The Bertz CT molecular complexity index is 683. The van der Waals surface area contributed by atoms with Crippen LogP contribution in [0.4, 0.5) is 5.82 Å². The van der Waals surface area contributed by atoms with Crippen LogP contribution in [0.2, 0.25) is 5.02 Å². The van der Waals surface area contributed by atoms with Crippen LogP contribution in [-0.2, 0) is 0 Å². The summed E-state index contributed by atoms with van der Waals surface area (Å²) >= 11 is 5.94. The fourth-order valence-electron chi connectivity index (χ4n) is 3.01. The SMILES string of the molecule is Cc1cc(Cl)ccc1OCC(O)CN1CCN(c2ccccn2)CC1.Cl.Cl. The van der Waals surface area contributed by atoms with Gasteiger partial charge in [0.15, 0.2) is 0 Å². The van der Waals surface area contributed by atoms with Gasteiger partial charge in [0.25, 0.3) is 0 Å². The number of aliphatic hydroxyl groups excluding tert-OH is 1. The Kier molecular flexibility index (Phi) is 10.2. The number of pyridine rings is 1. The van der Waals surface area contributed by atoms with Crippen LogP contribution in [-0.4, -0.2) is 60.4 Å². The Morgan fingerprint density at radius 2 is 1.89 bits per heavy atom. The molecule has 1 fully saturated rings. The zero-order valence-corrected chi connectivity index (χ0v) is 17.6. The van der Waals surface area contributed by atoms with Crippen LogP contribution in [0.3, 0.4) is 0 Å². The number of rotatable bonds is 6. The predicted octanol–water partition coefficient (Wildman–Crippen LogP) is 3.45. The van der Waals surface area contributed by atoms with Crippen molar-refractivity contribution in [3.63, 3.8) is 0 Å². The van der Waals surface area contributed by atoms with E-state index in [4.69, 9.17) is 16.3 Å². The van der Waals surface area contributed by atoms with Gasteiger partial charge in [-0.3, -0.25) is 4.90 Å². The van der Waals surface area contributed by atoms with Crippen LogP contribution in [0.15, 0.2) is 42.6 Å². The van der Waals surface area contributed by atoms with E-state index in [-0.39, 0.29) is 31.4 Å². The first kappa shape index (κ1) is 23.8. The summed E-state index contributed by atoms with van der Waals surface area (Å²) in [7, 11) is 0. The van der Waals surface area contributed by atoms with Crippen molar-refractivity contribution in [2.45, 2.75) is 13.0 Å². The van der Waals surface area contributed by atoms with E-state index in [0.717, 1.165) is 43.3 Å². The summed E-state index contributed by atoms with van der Waals surface area (Å²) in [6.07, 6.45) is 1.30. The van der Waals surface area contributed by atoms with Crippen molar-refractivity contribution in [2.24, 2.45) is 0 Å². The van der Waals surface area contributed by atoms with Gasteiger partial charge in [-0.15, -0.1) is 24.8 Å². The van der Waals surface area contributed by atoms with E-state index in [1.807, 2.05) is 43.5 Å². The minimum absolute atomic E-state index is 0. The maximum atomic E-state index is 10.3. The van der Waals surface area contributed by atoms with Crippen molar-refractivity contribution >= 4 is 42.2 Å². The number of aryl methyl sites for hydroxylation is 1. The summed E-state index contributed by atoms with van der Waals surface area (Å²) in [5, 5.41) is 11.0. The molecule has 2 heterocycles. The lowest BCUT2D eigenvalue weighted by Crippen LogP contribution is -2.49. The van der Waals surface area contributed by atoms with Crippen LogP contribution < -0.4 is 9.64 Å². The van der Waals surface area contributed by atoms with E-state index in [1.54, 1.807) is 6.07 Å². The summed E-state index contributed by atoms with van der Waals surface area (Å²) in [5.74, 6) is 1.78. The minimum Gasteiger partial charge on any atom is -0.491 e. The highest BCUT2D eigenvalue weighted by Gasteiger charge is 2.20. The Hall–Kier alpha value is -1.24. The van der Waals surface area contributed by atoms with E-state index in [1.165, 1.54) is 0 Å². The van der Waals surface area contributed by atoms with Gasteiger partial charge in [0.05, 0.1) is 0 Å². The number of aromatic nitrogens is 1. The number of nitrogens with zero attached hydrogens (tertiary/aromatic N) is 3. The molecular formula is C19H26Cl3N3O2. The number of halogens is 3. The first-order valence-corrected chi connectivity index (χ1v) is 8.95. The average Bonchev–Trinajstić information content (AvgIpc) is 2.62. The number of benzene rings is 1. The molecule has 0 spiro atoms. The molecule has 2 aromatic rings. The fourth-order valence-corrected chi connectivity index (χ4v) is 3.24. The fraction of sp³-hybridized carbons (Fsp3) is 0.421. The largest absolute Gasteiger partial charge is 0.491 e. The first-order valence-electron chi connectivity index (χ1n) is 8.57. The van der Waals surface area contributed by atoms with E-state index >= 15 is 0 Å². The molecule has 0 saturated carbocycles. The van der Waals surface area contributed by atoms with Gasteiger partial charge in [0.2, 0.25) is 0 Å². The molecule has 1 aromatic heterocycles. The molecule has 1 aliphatic rings. The molecule has 1 aliphatic heterocycles. The number of piperazine rings is 1.